The van der Waals surface area contributed by atoms with Crippen LogP contribution in [0.2, 0.25) is 0 Å². The molecule has 0 aliphatic carbocycles. The molecule has 2 nitrogen and oxygen atoms in total. The fourth-order valence-electron chi connectivity index (χ4n) is 1.56. The zero-order valence-electron chi connectivity index (χ0n) is 9.75. The zero-order valence-corrected chi connectivity index (χ0v) is 9.75. The summed E-state index contributed by atoms with van der Waals surface area (Å²) in [4.78, 5) is 4.01. The van der Waals surface area contributed by atoms with E-state index < -0.39 is 0 Å². The van der Waals surface area contributed by atoms with Crippen molar-refractivity contribution in [1.82, 2.24) is 10.3 Å². The van der Waals surface area contributed by atoms with E-state index in [0.29, 0.717) is 18.3 Å². The summed E-state index contributed by atoms with van der Waals surface area (Å²) in [6.45, 7) is 6.31. The Labute approximate surface area is 96.6 Å². The van der Waals surface area contributed by atoms with Crippen molar-refractivity contribution < 1.29 is 4.39 Å². The summed E-state index contributed by atoms with van der Waals surface area (Å²) in [6.07, 6.45) is 6.57. The molecule has 1 rings (SSSR count). The van der Waals surface area contributed by atoms with Crippen molar-refractivity contribution in [3.05, 3.63) is 42.5 Å². The Morgan fingerprint density at radius 2 is 2.44 bits per heavy atom. The quantitative estimate of drug-likeness (QED) is 0.717. The normalized spacial score (nSPS) is 12.4. The molecular weight excluding hydrogens is 203 g/mol. The molecule has 0 saturated carbocycles. The Hall–Kier alpha value is -1.22. The van der Waals surface area contributed by atoms with Gasteiger partial charge in [0.1, 0.15) is 5.82 Å². The lowest BCUT2D eigenvalue weighted by Gasteiger charge is -2.15. The van der Waals surface area contributed by atoms with Gasteiger partial charge in [0, 0.05) is 18.8 Å². The van der Waals surface area contributed by atoms with Gasteiger partial charge in [0.2, 0.25) is 0 Å². The standard InChI is InChI=1S/C13H19FN2/c1-3-5-7-11(4-2)16-10-13-12(14)8-6-9-15-13/h3,6,8-9,11,16H,1,4-5,7,10H2,2H3. The third kappa shape index (κ3) is 4.11. The largest absolute Gasteiger partial charge is 0.308 e. The number of rotatable bonds is 7. The van der Waals surface area contributed by atoms with E-state index in [-0.39, 0.29) is 5.82 Å². The first-order valence-corrected chi connectivity index (χ1v) is 5.71. The van der Waals surface area contributed by atoms with Gasteiger partial charge in [0.05, 0.1) is 5.69 Å². The van der Waals surface area contributed by atoms with Crippen molar-refractivity contribution in [3.63, 3.8) is 0 Å². The van der Waals surface area contributed by atoms with Crippen LogP contribution in [0.4, 0.5) is 4.39 Å². The van der Waals surface area contributed by atoms with Crippen LogP contribution in [0.15, 0.2) is 31.0 Å². The molecule has 0 amide bonds. The van der Waals surface area contributed by atoms with Gasteiger partial charge in [-0.1, -0.05) is 13.0 Å². The highest BCUT2D eigenvalue weighted by Crippen LogP contribution is 2.06. The highest BCUT2D eigenvalue weighted by molar-refractivity contribution is 5.06. The second-order valence-corrected chi connectivity index (χ2v) is 3.78. The molecule has 0 aliphatic heterocycles. The Kier molecular flexibility index (Phi) is 5.72. The minimum atomic E-state index is -0.242. The van der Waals surface area contributed by atoms with E-state index in [9.17, 15) is 4.39 Å². The second kappa shape index (κ2) is 7.12. The Morgan fingerprint density at radius 1 is 1.62 bits per heavy atom. The van der Waals surface area contributed by atoms with Gasteiger partial charge in [-0.2, -0.15) is 0 Å². The lowest BCUT2D eigenvalue weighted by atomic mass is 10.1. The van der Waals surface area contributed by atoms with Crippen LogP contribution in [0.1, 0.15) is 31.9 Å². The first-order chi connectivity index (χ1) is 7.77. The molecule has 1 aromatic heterocycles. The monoisotopic (exact) mass is 222 g/mol. The van der Waals surface area contributed by atoms with Gasteiger partial charge in [-0.05, 0) is 31.4 Å². The second-order valence-electron chi connectivity index (χ2n) is 3.78. The van der Waals surface area contributed by atoms with E-state index in [0.717, 1.165) is 19.3 Å². The summed E-state index contributed by atoms with van der Waals surface area (Å²) in [6, 6.07) is 3.45. The summed E-state index contributed by atoms with van der Waals surface area (Å²) in [5.41, 5.74) is 0.486. The lowest BCUT2D eigenvalue weighted by molar-refractivity contribution is 0.457. The van der Waals surface area contributed by atoms with E-state index in [4.69, 9.17) is 0 Å². The van der Waals surface area contributed by atoms with Crippen LogP contribution < -0.4 is 5.32 Å². The SMILES string of the molecule is C=CCCC(CC)NCc1ncccc1F. The topological polar surface area (TPSA) is 24.9 Å². The van der Waals surface area contributed by atoms with Gasteiger partial charge in [0.25, 0.3) is 0 Å². The molecule has 1 aromatic rings. The van der Waals surface area contributed by atoms with E-state index in [1.54, 1.807) is 12.3 Å². The smallest absolute Gasteiger partial charge is 0.146 e. The highest BCUT2D eigenvalue weighted by Gasteiger charge is 2.07. The van der Waals surface area contributed by atoms with Crippen LogP contribution in [0.3, 0.4) is 0 Å². The van der Waals surface area contributed by atoms with E-state index in [2.05, 4.69) is 23.8 Å². The minimum absolute atomic E-state index is 0.242. The molecule has 1 atom stereocenters. The number of halogens is 1. The molecule has 0 aliphatic rings. The number of pyridine rings is 1. The van der Waals surface area contributed by atoms with Crippen LogP contribution in [0.5, 0.6) is 0 Å². The van der Waals surface area contributed by atoms with E-state index >= 15 is 0 Å². The Bertz CT molecular complexity index is 325. The molecule has 0 fully saturated rings. The molecule has 3 heteroatoms. The Balaban J connectivity index is 2.43. The first-order valence-electron chi connectivity index (χ1n) is 5.71. The van der Waals surface area contributed by atoms with Crippen molar-refractivity contribution in [1.29, 1.82) is 0 Å². The van der Waals surface area contributed by atoms with E-state index in [1.807, 2.05) is 6.08 Å². The summed E-state index contributed by atoms with van der Waals surface area (Å²) in [7, 11) is 0. The molecule has 1 unspecified atom stereocenters. The maximum atomic E-state index is 13.3. The van der Waals surface area contributed by atoms with Crippen molar-refractivity contribution in [3.8, 4) is 0 Å². The summed E-state index contributed by atoms with van der Waals surface area (Å²) < 4.78 is 13.3. The van der Waals surface area contributed by atoms with E-state index in [1.165, 1.54) is 6.07 Å². The maximum Gasteiger partial charge on any atom is 0.146 e. The summed E-state index contributed by atoms with van der Waals surface area (Å²) >= 11 is 0. The fourth-order valence-corrected chi connectivity index (χ4v) is 1.56. The number of allylic oxidation sites excluding steroid dienone is 1. The average Bonchev–Trinajstić information content (AvgIpc) is 2.31. The van der Waals surface area contributed by atoms with Gasteiger partial charge in [-0.3, -0.25) is 4.98 Å². The predicted molar refractivity (Wildman–Crippen MR) is 64.5 cm³/mol. The van der Waals surface area contributed by atoms with Crippen LogP contribution in [-0.4, -0.2) is 11.0 Å². The zero-order chi connectivity index (χ0) is 11.8. The van der Waals surface area contributed by atoms with Crippen molar-refractivity contribution in [2.45, 2.75) is 38.8 Å². The molecule has 0 bridgehead atoms. The fraction of sp³-hybridized carbons (Fsp3) is 0.462. The molecule has 0 radical (unpaired) electrons. The van der Waals surface area contributed by atoms with Gasteiger partial charge in [-0.15, -0.1) is 6.58 Å². The number of hydrogen-bond donors (Lipinski definition) is 1. The van der Waals surface area contributed by atoms with Crippen LogP contribution in [0, 0.1) is 5.82 Å². The summed E-state index contributed by atoms with van der Waals surface area (Å²) in [5.74, 6) is -0.242. The highest BCUT2D eigenvalue weighted by atomic mass is 19.1. The first kappa shape index (κ1) is 12.8. The van der Waals surface area contributed by atoms with Gasteiger partial charge in [-0.25, -0.2) is 4.39 Å². The van der Waals surface area contributed by atoms with Crippen molar-refractivity contribution in [2.75, 3.05) is 0 Å². The third-order valence-corrected chi connectivity index (χ3v) is 2.60. The van der Waals surface area contributed by atoms with Gasteiger partial charge >= 0.3 is 0 Å². The van der Waals surface area contributed by atoms with Crippen LogP contribution >= 0.6 is 0 Å². The number of nitrogens with one attached hydrogen (secondary N) is 1. The number of aromatic nitrogens is 1. The van der Waals surface area contributed by atoms with Crippen molar-refractivity contribution in [2.24, 2.45) is 0 Å². The molecule has 88 valence electrons. The molecule has 1 N–H and O–H groups in total. The molecule has 16 heavy (non-hydrogen) atoms. The summed E-state index contributed by atoms with van der Waals surface area (Å²) in [5, 5.41) is 3.31. The minimum Gasteiger partial charge on any atom is -0.308 e. The van der Waals surface area contributed by atoms with Gasteiger partial charge < -0.3 is 5.32 Å². The van der Waals surface area contributed by atoms with Crippen molar-refractivity contribution >= 4 is 0 Å². The average molecular weight is 222 g/mol. The lowest BCUT2D eigenvalue weighted by Crippen LogP contribution is -2.28. The van der Waals surface area contributed by atoms with Gasteiger partial charge in [0.15, 0.2) is 0 Å². The number of hydrogen-bond acceptors (Lipinski definition) is 2. The molecular formula is C13H19FN2. The molecule has 0 aromatic carbocycles. The van der Waals surface area contributed by atoms with Crippen LogP contribution in [-0.2, 0) is 6.54 Å². The van der Waals surface area contributed by atoms with Crippen LogP contribution in [0.25, 0.3) is 0 Å². The molecule has 0 spiro atoms. The third-order valence-electron chi connectivity index (χ3n) is 2.60. The maximum absolute atomic E-state index is 13.3. The molecule has 1 heterocycles. The number of nitrogens with zero attached hydrogens (tertiary/aromatic N) is 1. The Morgan fingerprint density at radius 3 is 3.06 bits per heavy atom. The predicted octanol–water partition coefficient (Wildman–Crippen LogP) is 3.06. The molecule has 0 saturated heterocycles.